The summed E-state index contributed by atoms with van der Waals surface area (Å²) in [4.78, 5) is 0. The number of aromatic nitrogens is 2. The Kier molecular flexibility index (Phi) is 4.24. The van der Waals surface area contributed by atoms with Crippen molar-refractivity contribution in [2.24, 2.45) is 0 Å². The van der Waals surface area contributed by atoms with E-state index in [-0.39, 0.29) is 16.3 Å². The van der Waals surface area contributed by atoms with Gasteiger partial charge in [0.2, 0.25) is 0 Å². The Labute approximate surface area is 120 Å². The van der Waals surface area contributed by atoms with Crippen molar-refractivity contribution in [3.05, 3.63) is 45.9 Å². The van der Waals surface area contributed by atoms with E-state index in [0.29, 0.717) is 5.56 Å². The van der Waals surface area contributed by atoms with Crippen LogP contribution >= 0.6 is 11.3 Å². The average Bonchev–Trinajstić information content (AvgIpc) is 2.90. The molecule has 0 fully saturated rings. The minimum Gasteiger partial charge on any atom is -0.307 e. The largest absolute Gasteiger partial charge is 0.460 e. The van der Waals surface area contributed by atoms with Gasteiger partial charge >= 0.3 is 12.1 Å². The Hall–Kier alpha value is -1.61. The minimum atomic E-state index is -5.69. The molecular weight excluding hydrogens is 313 g/mol. The molecule has 0 saturated heterocycles. The summed E-state index contributed by atoms with van der Waals surface area (Å²) >= 11 is 0.239. The fourth-order valence-electron chi connectivity index (χ4n) is 1.68. The second-order valence-corrected chi connectivity index (χ2v) is 5.16. The van der Waals surface area contributed by atoms with E-state index in [1.807, 2.05) is 0 Å². The first-order valence-electron chi connectivity index (χ1n) is 5.78. The second-order valence-electron chi connectivity index (χ2n) is 4.15. The molecule has 1 atom stereocenters. The molecule has 1 unspecified atom stereocenters. The lowest BCUT2D eigenvalue weighted by atomic mass is 10.1. The van der Waals surface area contributed by atoms with E-state index >= 15 is 0 Å². The quantitative estimate of drug-likeness (QED) is 0.875. The Morgan fingerprint density at radius 1 is 1.05 bits per heavy atom. The van der Waals surface area contributed by atoms with Crippen LogP contribution in [0.5, 0.6) is 0 Å². The van der Waals surface area contributed by atoms with Crippen molar-refractivity contribution in [2.45, 2.75) is 18.1 Å². The first kappa shape index (κ1) is 15.8. The summed E-state index contributed by atoms with van der Waals surface area (Å²) in [5.41, 5.74) is 0.693. The third-order valence-corrected chi connectivity index (χ3v) is 3.79. The molecule has 114 valence electrons. The molecule has 0 amide bonds. The molecule has 1 aromatic heterocycles. The van der Waals surface area contributed by atoms with Crippen molar-refractivity contribution in [3.8, 4) is 0 Å². The van der Waals surface area contributed by atoms with Crippen molar-refractivity contribution >= 4 is 11.3 Å². The predicted molar refractivity (Wildman–Crippen MR) is 67.2 cm³/mol. The lowest BCUT2D eigenvalue weighted by Gasteiger charge is -2.16. The zero-order valence-electron chi connectivity index (χ0n) is 10.7. The van der Waals surface area contributed by atoms with Crippen LogP contribution in [0.15, 0.2) is 30.3 Å². The van der Waals surface area contributed by atoms with Gasteiger partial charge in [-0.25, -0.2) is 0 Å². The smallest absolute Gasteiger partial charge is 0.307 e. The van der Waals surface area contributed by atoms with E-state index in [4.69, 9.17) is 0 Å². The molecule has 0 aliphatic carbocycles. The highest BCUT2D eigenvalue weighted by Gasteiger charge is 2.61. The van der Waals surface area contributed by atoms with Crippen LogP contribution < -0.4 is 5.32 Å². The van der Waals surface area contributed by atoms with Gasteiger partial charge in [-0.3, -0.25) is 0 Å². The molecule has 0 aliphatic heterocycles. The molecular formula is C12H10F5N3S. The van der Waals surface area contributed by atoms with Crippen LogP contribution in [0, 0.1) is 0 Å². The molecule has 0 aliphatic rings. The lowest BCUT2D eigenvalue weighted by molar-refractivity contribution is -0.289. The summed E-state index contributed by atoms with van der Waals surface area (Å²) in [5, 5.41) is 7.98. The fraction of sp³-hybridized carbons (Fsp3) is 0.333. The standard InChI is InChI=1S/C12H10F5N3S/c1-18-8(7-5-3-2-4-6-7)9-19-20-10(21-9)11(13,14)12(15,16)17/h2-6,8,18H,1H3. The maximum absolute atomic E-state index is 13.2. The predicted octanol–water partition coefficient (Wildman–Crippen LogP) is 3.50. The molecule has 21 heavy (non-hydrogen) atoms. The molecule has 0 saturated carbocycles. The number of alkyl halides is 5. The van der Waals surface area contributed by atoms with Crippen molar-refractivity contribution < 1.29 is 22.0 Å². The van der Waals surface area contributed by atoms with Gasteiger partial charge in [0.15, 0.2) is 5.01 Å². The third-order valence-electron chi connectivity index (χ3n) is 2.73. The highest BCUT2D eigenvalue weighted by molar-refractivity contribution is 7.11. The molecule has 2 aromatic rings. The SMILES string of the molecule is CNC(c1ccccc1)c1nnc(C(F)(F)C(F)(F)F)s1. The van der Waals surface area contributed by atoms with Crippen LogP contribution in [0.4, 0.5) is 22.0 Å². The van der Waals surface area contributed by atoms with E-state index in [1.165, 1.54) is 0 Å². The van der Waals surface area contributed by atoms with Gasteiger partial charge in [-0.15, -0.1) is 10.2 Å². The van der Waals surface area contributed by atoms with Gasteiger partial charge in [-0.1, -0.05) is 41.7 Å². The van der Waals surface area contributed by atoms with E-state index in [9.17, 15) is 22.0 Å². The number of rotatable bonds is 4. The van der Waals surface area contributed by atoms with Gasteiger partial charge in [0.25, 0.3) is 0 Å². The van der Waals surface area contributed by atoms with Crippen LogP contribution in [-0.4, -0.2) is 23.4 Å². The summed E-state index contributed by atoms with van der Waals surface area (Å²) in [6.45, 7) is 0. The van der Waals surface area contributed by atoms with Gasteiger partial charge in [0, 0.05) is 0 Å². The molecule has 9 heteroatoms. The summed E-state index contributed by atoms with van der Waals surface area (Å²) < 4.78 is 63.3. The Morgan fingerprint density at radius 3 is 2.19 bits per heavy atom. The first-order chi connectivity index (χ1) is 9.77. The van der Waals surface area contributed by atoms with Crippen LogP contribution in [0.2, 0.25) is 0 Å². The van der Waals surface area contributed by atoms with Gasteiger partial charge < -0.3 is 5.32 Å². The molecule has 0 radical (unpaired) electrons. The molecule has 0 spiro atoms. The van der Waals surface area contributed by atoms with E-state index in [1.54, 1.807) is 37.4 Å². The van der Waals surface area contributed by atoms with Crippen molar-refractivity contribution in [2.75, 3.05) is 7.05 Å². The Balaban J connectivity index is 2.35. The number of hydrogen-bond donors (Lipinski definition) is 1. The van der Waals surface area contributed by atoms with Crippen LogP contribution in [0.1, 0.15) is 21.6 Å². The topological polar surface area (TPSA) is 37.8 Å². The van der Waals surface area contributed by atoms with E-state index < -0.39 is 23.1 Å². The van der Waals surface area contributed by atoms with Gasteiger partial charge in [0.1, 0.15) is 5.01 Å². The lowest BCUT2D eigenvalue weighted by Crippen LogP contribution is -2.33. The van der Waals surface area contributed by atoms with Crippen LogP contribution in [0.25, 0.3) is 0 Å². The minimum absolute atomic E-state index is 0.0441. The van der Waals surface area contributed by atoms with Crippen molar-refractivity contribution in [1.82, 2.24) is 15.5 Å². The molecule has 2 rings (SSSR count). The Morgan fingerprint density at radius 2 is 1.67 bits per heavy atom. The van der Waals surface area contributed by atoms with Gasteiger partial charge in [-0.05, 0) is 12.6 Å². The summed E-state index contributed by atoms with van der Waals surface area (Å²) in [5.74, 6) is -5.00. The average molecular weight is 323 g/mol. The van der Waals surface area contributed by atoms with Gasteiger partial charge in [0.05, 0.1) is 6.04 Å². The monoisotopic (exact) mass is 323 g/mol. The third kappa shape index (κ3) is 3.03. The summed E-state index contributed by atoms with van der Waals surface area (Å²) in [6.07, 6.45) is -5.69. The fourth-order valence-corrected chi connectivity index (χ4v) is 2.65. The molecule has 0 bridgehead atoms. The number of benzene rings is 1. The Bertz CT molecular complexity index is 596. The number of hydrogen-bond acceptors (Lipinski definition) is 4. The first-order valence-corrected chi connectivity index (χ1v) is 6.59. The summed E-state index contributed by atoms with van der Waals surface area (Å²) in [6, 6.07) is 8.05. The van der Waals surface area contributed by atoms with E-state index in [2.05, 4.69) is 15.5 Å². The van der Waals surface area contributed by atoms with Crippen molar-refractivity contribution in [1.29, 1.82) is 0 Å². The number of nitrogens with zero attached hydrogens (tertiary/aromatic N) is 2. The number of halogens is 5. The van der Waals surface area contributed by atoms with E-state index in [0.717, 1.165) is 0 Å². The molecule has 1 aromatic carbocycles. The molecule has 1 N–H and O–H groups in total. The highest BCUT2D eigenvalue weighted by atomic mass is 32.1. The number of nitrogens with one attached hydrogen (secondary N) is 1. The second kappa shape index (κ2) is 5.64. The van der Waals surface area contributed by atoms with Crippen LogP contribution in [-0.2, 0) is 5.92 Å². The normalized spacial score (nSPS) is 14.2. The molecule has 1 heterocycles. The molecule has 3 nitrogen and oxygen atoms in total. The maximum atomic E-state index is 13.2. The zero-order valence-corrected chi connectivity index (χ0v) is 11.5. The zero-order chi connectivity index (χ0) is 15.7. The maximum Gasteiger partial charge on any atom is 0.460 e. The van der Waals surface area contributed by atoms with Gasteiger partial charge in [-0.2, -0.15) is 22.0 Å². The van der Waals surface area contributed by atoms with Crippen LogP contribution in [0.3, 0.4) is 0 Å². The highest BCUT2D eigenvalue weighted by Crippen LogP contribution is 2.45. The van der Waals surface area contributed by atoms with Crippen molar-refractivity contribution in [3.63, 3.8) is 0 Å². The summed E-state index contributed by atoms with van der Waals surface area (Å²) in [7, 11) is 1.56.